The quantitative estimate of drug-likeness (QED) is 0.856. The van der Waals surface area contributed by atoms with E-state index in [0.29, 0.717) is 0 Å². The molecule has 2 nitrogen and oxygen atoms in total. The van der Waals surface area contributed by atoms with Gasteiger partial charge in [-0.3, -0.25) is 0 Å². The van der Waals surface area contributed by atoms with Gasteiger partial charge in [0.2, 0.25) is 0 Å². The fourth-order valence-electron chi connectivity index (χ4n) is 1.01. The number of hydrogen-bond acceptors (Lipinski definition) is 1. The number of halogens is 5. The summed E-state index contributed by atoms with van der Waals surface area (Å²) in [5, 5.41) is 8.39. The van der Waals surface area contributed by atoms with Gasteiger partial charge in [-0.1, -0.05) is 11.6 Å². The Morgan fingerprint density at radius 3 is 2.33 bits per heavy atom. The zero-order chi connectivity index (χ0) is 11.8. The minimum Gasteiger partial charge on any atom is -0.478 e. The van der Waals surface area contributed by atoms with Gasteiger partial charge < -0.3 is 5.11 Å². The molecule has 0 aliphatic heterocycles. The Balaban J connectivity index is 3.57. The van der Waals surface area contributed by atoms with Gasteiger partial charge in [0.25, 0.3) is 0 Å². The zero-order valence-electron chi connectivity index (χ0n) is 6.90. The highest BCUT2D eigenvalue weighted by Crippen LogP contribution is 2.40. The van der Waals surface area contributed by atoms with Gasteiger partial charge in [0.15, 0.2) is 0 Å². The van der Waals surface area contributed by atoms with Crippen LogP contribution in [0.5, 0.6) is 0 Å². The third-order valence-corrected chi connectivity index (χ3v) is 2.98. The summed E-state index contributed by atoms with van der Waals surface area (Å²) in [6, 6.07) is 1.91. The molecule has 1 N–H and O–H groups in total. The van der Waals surface area contributed by atoms with Crippen molar-refractivity contribution in [1.82, 2.24) is 0 Å². The van der Waals surface area contributed by atoms with E-state index in [9.17, 15) is 18.0 Å². The molecule has 0 aliphatic carbocycles. The molecule has 82 valence electrons. The Morgan fingerprint density at radius 2 is 1.93 bits per heavy atom. The van der Waals surface area contributed by atoms with Crippen LogP contribution in [0.15, 0.2) is 16.6 Å². The molecule has 0 radical (unpaired) electrons. The fraction of sp³-hybridized carbons (Fsp3) is 0.125. The summed E-state index contributed by atoms with van der Waals surface area (Å²) in [4.78, 5) is 10.6. The summed E-state index contributed by atoms with van der Waals surface area (Å²) >= 11 is 8.08. The van der Waals surface area contributed by atoms with Crippen LogP contribution in [0.4, 0.5) is 13.2 Å². The van der Waals surface area contributed by atoms with Crippen molar-refractivity contribution >= 4 is 33.5 Å². The summed E-state index contributed by atoms with van der Waals surface area (Å²) in [5.41, 5.74) is -2.11. The standard InChI is InChI=1S/C8H3BrClF3O2/c9-6-4(10)2-1-3(7(14)15)5(6)8(11,12)13/h1-2H,(H,14,15). The first-order valence-corrected chi connectivity index (χ1v) is 4.70. The fourth-order valence-corrected chi connectivity index (χ4v) is 1.73. The second kappa shape index (κ2) is 4.02. The highest BCUT2D eigenvalue weighted by atomic mass is 79.9. The summed E-state index contributed by atoms with van der Waals surface area (Å²) in [6.07, 6.45) is -4.77. The van der Waals surface area contributed by atoms with Gasteiger partial charge in [0.05, 0.1) is 16.1 Å². The van der Waals surface area contributed by atoms with Crippen molar-refractivity contribution in [3.63, 3.8) is 0 Å². The minimum absolute atomic E-state index is 0.188. The topological polar surface area (TPSA) is 37.3 Å². The SMILES string of the molecule is O=C(O)c1ccc(Cl)c(Br)c1C(F)(F)F. The van der Waals surface area contributed by atoms with E-state index in [1.165, 1.54) is 0 Å². The maximum atomic E-state index is 12.5. The van der Waals surface area contributed by atoms with E-state index in [-0.39, 0.29) is 5.02 Å². The van der Waals surface area contributed by atoms with E-state index in [4.69, 9.17) is 16.7 Å². The van der Waals surface area contributed by atoms with Gasteiger partial charge in [0, 0.05) is 4.47 Å². The number of carbonyl (C=O) groups is 1. The van der Waals surface area contributed by atoms with Crippen LogP contribution < -0.4 is 0 Å². The van der Waals surface area contributed by atoms with Gasteiger partial charge in [-0.05, 0) is 28.1 Å². The molecule has 0 amide bonds. The molecule has 0 fully saturated rings. The Labute approximate surface area is 95.8 Å². The molecule has 0 saturated heterocycles. The molecule has 0 atom stereocenters. The van der Waals surface area contributed by atoms with E-state index in [2.05, 4.69) is 15.9 Å². The van der Waals surface area contributed by atoms with Crippen molar-refractivity contribution in [2.24, 2.45) is 0 Å². The van der Waals surface area contributed by atoms with Gasteiger partial charge >= 0.3 is 12.1 Å². The van der Waals surface area contributed by atoms with Gasteiger partial charge in [-0.2, -0.15) is 13.2 Å². The molecule has 0 heterocycles. The van der Waals surface area contributed by atoms with Crippen molar-refractivity contribution in [1.29, 1.82) is 0 Å². The molecule has 0 unspecified atom stereocenters. The zero-order valence-corrected chi connectivity index (χ0v) is 9.24. The third-order valence-electron chi connectivity index (χ3n) is 1.61. The molecule has 0 aromatic heterocycles. The molecule has 15 heavy (non-hydrogen) atoms. The van der Waals surface area contributed by atoms with Gasteiger partial charge in [-0.15, -0.1) is 0 Å². The monoisotopic (exact) mass is 302 g/mol. The minimum atomic E-state index is -4.77. The molecule has 0 spiro atoms. The lowest BCUT2D eigenvalue weighted by atomic mass is 10.1. The summed E-state index contributed by atoms with van der Waals surface area (Å²) in [6.45, 7) is 0. The van der Waals surface area contributed by atoms with Gasteiger partial charge in [0.1, 0.15) is 0 Å². The van der Waals surface area contributed by atoms with Crippen molar-refractivity contribution in [3.8, 4) is 0 Å². The maximum absolute atomic E-state index is 12.5. The average Bonchev–Trinajstić information content (AvgIpc) is 2.06. The first-order chi connectivity index (χ1) is 6.75. The van der Waals surface area contributed by atoms with Crippen molar-refractivity contribution in [2.45, 2.75) is 6.18 Å². The van der Waals surface area contributed by atoms with Crippen LogP contribution in [0.25, 0.3) is 0 Å². The smallest absolute Gasteiger partial charge is 0.418 e. The normalized spacial score (nSPS) is 11.5. The van der Waals surface area contributed by atoms with Crippen LogP contribution >= 0.6 is 27.5 Å². The van der Waals surface area contributed by atoms with Crippen molar-refractivity contribution < 1.29 is 23.1 Å². The van der Waals surface area contributed by atoms with Crippen molar-refractivity contribution in [2.75, 3.05) is 0 Å². The third kappa shape index (κ3) is 2.43. The highest BCUT2D eigenvalue weighted by Gasteiger charge is 2.38. The number of aromatic carboxylic acids is 1. The van der Waals surface area contributed by atoms with E-state index >= 15 is 0 Å². The number of carboxylic acid groups (broad SMARTS) is 1. The lowest BCUT2D eigenvalue weighted by Gasteiger charge is -2.12. The second-order valence-corrected chi connectivity index (χ2v) is 3.79. The molecule has 7 heteroatoms. The lowest BCUT2D eigenvalue weighted by molar-refractivity contribution is -0.138. The van der Waals surface area contributed by atoms with Crippen LogP contribution in [0.3, 0.4) is 0 Å². The van der Waals surface area contributed by atoms with Crippen molar-refractivity contribution in [3.05, 3.63) is 32.8 Å². The Bertz CT molecular complexity index is 417. The summed E-state index contributed by atoms with van der Waals surface area (Å²) in [5.74, 6) is -1.65. The predicted molar refractivity (Wildman–Crippen MR) is 51.1 cm³/mol. The van der Waals surface area contributed by atoms with Crippen LogP contribution in [-0.4, -0.2) is 11.1 Å². The first-order valence-electron chi connectivity index (χ1n) is 3.53. The van der Waals surface area contributed by atoms with E-state index in [1.54, 1.807) is 0 Å². The predicted octanol–water partition coefficient (Wildman–Crippen LogP) is 3.82. The van der Waals surface area contributed by atoms with E-state index in [1.807, 2.05) is 0 Å². The van der Waals surface area contributed by atoms with Crippen LogP contribution in [0, 0.1) is 0 Å². The average molecular weight is 303 g/mol. The van der Waals surface area contributed by atoms with E-state index in [0.717, 1.165) is 12.1 Å². The number of hydrogen-bond donors (Lipinski definition) is 1. The Hall–Kier alpha value is -0.750. The lowest BCUT2D eigenvalue weighted by Crippen LogP contribution is -2.14. The Kier molecular flexibility index (Phi) is 3.30. The molecular formula is C8H3BrClF3O2. The molecular weight excluding hydrogens is 300 g/mol. The largest absolute Gasteiger partial charge is 0.478 e. The number of carboxylic acids is 1. The second-order valence-electron chi connectivity index (χ2n) is 2.59. The highest BCUT2D eigenvalue weighted by molar-refractivity contribution is 9.10. The molecule has 1 rings (SSSR count). The molecule has 0 saturated carbocycles. The number of alkyl halides is 3. The summed E-state index contributed by atoms with van der Waals surface area (Å²) < 4.78 is 37.0. The van der Waals surface area contributed by atoms with Crippen LogP contribution in [0.1, 0.15) is 15.9 Å². The maximum Gasteiger partial charge on any atom is 0.418 e. The molecule has 1 aromatic carbocycles. The van der Waals surface area contributed by atoms with E-state index < -0.39 is 27.7 Å². The van der Waals surface area contributed by atoms with Crippen LogP contribution in [0.2, 0.25) is 5.02 Å². The molecule has 1 aromatic rings. The first kappa shape index (κ1) is 12.3. The van der Waals surface area contributed by atoms with Gasteiger partial charge in [-0.25, -0.2) is 4.79 Å². The molecule has 0 aliphatic rings. The number of benzene rings is 1. The molecule has 0 bridgehead atoms. The summed E-state index contributed by atoms with van der Waals surface area (Å²) in [7, 11) is 0. The number of rotatable bonds is 1. The Morgan fingerprint density at radius 1 is 1.40 bits per heavy atom. The van der Waals surface area contributed by atoms with Crippen LogP contribution in [-0.2, 0) is 6.18 Å².